The largest absolute Gasteiger partial charge is 0.390 e. The summed E-state index contributed by atoms with van der Waals surface area (Å²) >= 11 is 3.42. The first-order valence-electron chi connectivity index (χ1n) is 4.84. The van der Waals surface area contributed by atoms with Crippen LogP contribution in [-0.4, -0.2) is 29.2 Å². The van der Waals surface area contributed by atoms with Crippen LogP contribution in [0.1, 0.15) is 18.5 Å². The number of halogens is 1. The number of nitrogens with zero attached hydrogens (tertiary/aromatic N) is 1. The van der Waals surface area contributed by atoms with E-state index < -0.39 is 0 Å². The zero-order valence-electron chi connectivity index (χ0n) is 8.15. The van der Waals surface area contributed by atoms with Crippen LogP contribution in [0.2, 0.25) is 0 Å². The fourth-order valence-electron chi connectivity index (χ4n) is 1.76. The van der Waals surface area contributed by atoms with Gasteiger partial charge in [-0.2, -0.15) is 0 Å². The number of hydrogen-bond donors (Lipinski definition) is 1. The van der Waals surface area contributed by atoms with Gasteiger partial charge in [0.2, 0.25) is 0 Å². The Labute approximate surface area is 92.7 Å². The van der Waals surface area contributed by atoms with Gasteiger partial charge >= 0.3 is 0 Å². The Balaban J connectivity index is 2.04. The van der Waals surface area contributed by atoms with E-state index in [1.165, 1.54) is 5.56 Å². The van der Waals surface area contributed by atoms with Crippen molar-refractivity contribution in [3.8, 4) is 0 Å². The molecule has 1 fully saturated rings. The lowest BCUT2D eigenvalue weighted by molar-refractivity contribution is -0.0211. The number of β-amino-alcohol motifs (C(OH)–C–C–N with tert-alkyl or cyclic N) is 1. The molecule has 0 saturated carbocycles. The van der Waals surface area contributed by atoms with Gasteiger partial charge in [-0.25, -0.2) is 0 Å². The maximum atomic E-state index is 9.21. The summed E-state index contributed by atoms with van der Waals surface area (Å²) in [7, 11) is 0. The monoisotopic (exact) mass is 255 g/mol. The maximum absolute atomic E-state index is 9.21. The molecular weight excluding hydrogens is 242 g/mol. The summed E-state index contributed by atoms with van der Waals surface area (Å²) in [5, 5.41) is 9.21. The lowest BCUT2D eigenvalue weighted by atomic mass is 10.0. The molecule has 0 aliphatic carbocycles. The van der Waals surface area contributed by atoms with E-state index in [1.54, 1.807) is 0 Å². The van der Waals surface area contributed by atoms with E-state index in [0.29, 0.717) is 6.04 Å². The molecule has 1 aromatic carbocycles. The first kappa shape index (κ1) is 10.1. The first-order chi connectivity index (χ1) is 6.66. The number of aliphatic hydroxyl groups excluding tert-OH is 1. The van der Waals surface area contributed by atoms with Crippen molar-refractivity contribution in [1.29, 1.82) is 0 Å². The van der Waals surface area contributed by atoms with Crippen molar-refractivity contribution in [1.82, 2.24) is 4.90 Å². The molecule has 1 aliphatic rings. The van der Waals surface area contributed by atoms with E-state index in [0.717, 1.165) is 17.6 Å². The molecule has 0 unspecified atom stereocenters. The third kappa shape index (κ3) is 2.00. The number of aliphatic hydroxyl groups is 1. The molecule has 0 bridgehead atoms. The molecule has 2 rings (SSSR count). The molecule has 1 atom stereocenters. The highest BCUT2D eigenvalue weighted by Crippen LogP contribution is 2.26. The van der Waals surface area contributed by atoms with Crippen LogP contribution in [0, 0.1) is 0 Å². The molecule has 1 N–H and O–H groups in total. The van der Waals surface area contributed by atoms with Crippen LogP contribution in [0.3, 0.4) is 0 Å². The molecule has 0 radical (unpaired) electrons. The van der Waals surface area contributed by atoms with E-state index in [4.69, 9.17) is 0 Å². The lowest BCUT2D eigenvalue weighted by Crippen LogP contribution is -2.51. The van der Waals surface area contributed by atoms with Crippen LogP contribution in [-0.2, 0) is 0 Å². The normalized spacial score (nSPS) is 20.5. The van der Waals surface area contributed by atoms with Gasteiger partial charge in [-0.1, -0.05) is 28.1 Å². The average molecular weight is 256 g/mol. The molecule has 1 aliphatic heterocycles. The standard InChI is InChI=1S/C11H14BrNO/c1-8(13-6-11(14)7-13)9-2-4-10(12)5-3-9/h2-5,8,11,14H,6-7H2,1H3/t8-/m0/s1. The van der Waals surface area contributed by atoms with Gasteiger partial charge in [0.25, 0.3) is 0 Å². The van der Waals surface area contributed by atoms with Crippen molar-refractivity contribution in [2.24, 2.45) is 0 Å². The minimum Gasteiger partial charge on any atom is -0.390 e. The number of likely N-dealkylation sites (tertiary alicyclic amines) is 1. The molecule has 76 valence electrons. The second-order valence-corrected chi connectivity index (χ2v) is 4.75. The zero-order chi connectivity index (χ0) is 10.1. The van der Waals surface area contributed by atoms with Gasteiger partial charge in [0.1, 0.15) is 0 Å². The summed E-state index contributed by atoms with van der Waals surface area (Å²) in [5.41, 5.74) is 1.31. The molecule has 1 saturated heterocycles. The van der Waals surface area contributed by atoms with Crippen molar-refractivity contribution in [3.63, 3.8) is 0 Å². The van der Waals surface area contributed by atoms with E-state index >= 15 is 0 Å². The van der Waals surface area contributed by atoms with Crippen LogP contribution >= 0.6 is 15.9 Å². The average Bonchev–Trinajstić information content (AvgIpc) is 2.13. The second-order valence-electron chi connectivity index (χ2n) is 3.84. The number of rotatable bonds is 2. The van der Waals surface area contributed by atoms with Crippen molar-refractivity contribution >= 4 is 15.9 Å². The molecule has 2 nitrogen and oxygen atoms in total. The van der Waals surface area contributed by atoms with Gasteiger partial charge in [0.05, 0.1) is 6.10 Å². The summed E-state index contributed by atoms with van der Waals surface area (Å²) in [5.74, 6) is 0. The second kappa shape index (κ2) is 4.01. The predicted octanol–water partition coefficient (Wildman–Crippen LogP) is 2.19. The topological polar surface area (TPSA) is 23.5 Å². The van der Waals surface area contributed by atoms with Gasteiger partial charge in [-0.05, 0) is 24.6 Å². The minimum absolute atomic E-state index is 0.118. The Morgan fingerprint density at radius 3 is 2.43 bits per heavy atom. The highest BCUT2D eigenvalue weighted by molar-refractivity contribution is 9.10. The van der Waals surface area contributed by atoms with Gasteiger partial charge in [0, 0.05) is 23.6 Å². The maximum Gasteiger partial charge on any atom is 0.0794 e. The van der Waals surface area contributed by atoms with Crippen molar-refractivity contribution in [3.05, 3.63) is 34.3 Å². The summed E-state index contributed by atoms with van der Waals surface area (Å²) in [4.78, 5) is 2.27. The molecule has 0 amide bonds. The Morgan fingerprint density at radius 1 is 1.36 bits per heavy atom. The highest BCUT2D eigenvalue weighted by Gasteiger charge is 2.28. The summed E-state index contributed by atoms with van der Waals surface area (Å²) in [6, 6.07) is 8.77. The fourth-order valence-corrected chi connectivity index (χ4v) is 2.02. The van der Waals surface area contributed by atoms with Gasteiger partial charge in [-0.15, -0.1) is 0 Å². The SMILES string of the molecule is C[C@@H](c1ccc(Br)cc1)N1CC(O)C1. The lowest BCUT2D eigenvalue weighted by Gasteiger charge is -2.40. The Morgan fingerprint density at radius 2 is 1.93 bits per heavy atom. The summed E-state index contributed by atoms with van der Waals surface area (Å²) in [6.45, 7) is 3.78. The van der Waals surface area contributed by atoms with Crippen molar-refractivity contribution in [2.75, 3.05) is 13.1 Å². The molecule has 1 aromatic rings. The molecular formula is C11H14BrNO. The van der Waals surface area contributed by atoms with Crippen LogP contribution in [0.15, 0.2) is 28.7 Å². The van der Waals surface area contributed by atoms with Gasteiger partial charge in [0.15, 0.2) is 0 Å². The van der Waals surface area contributed by atoms with Crippen LogP contribution < -0.4 is 0 Å². The molecule has 0 aromatic heterocycles. The van der Waals surface area contributed by atoms with E-state index in [9.17, 15) is 5.11 Å². The number of benzene rings is 1. The minimum atomic E-state index is -0.118. The van der Waals surface area contributed by atoms with Gasteiger partial charge in [-0.3, -0.25) is 4.90 Å². The Kier molecular flexibility index (Phi) is 2.91. The number of hydrogen-bond acceptors (Lipinski definition) is 2. The van der Waals surface area contributed by atoms with E-state index in [2.05, 4.69) is 52.0 Å². The first-order valence-corrected chi connectivity index (χ1v) is 5.63. The third-order valence-corrected chi connectivity index (χ3v) is 3.32. The zero-order valence-corrected chi connectivity index (χ0v) is 9.74. The predicted molar refractivity (Wildman–Crippen MR) is 60.1 cm³/mol. The van der Waals surface area contributed by atoms with Crippen LogP contribution in [0.5, 0.6) is 0 Å². The molecule has 14 heavy (non-hydrogen) atoms. The summed E-state index contributed by atoms with van der Waals surface area (Å²) in [6.07, 6.45) is -0.118. The molecule has 0 spiro atoms. The molecule has 1 heterocycles. The Hall–Kier alpha value is -0.380. The highest BCUT2D eigenvalue weighted by atomic mass is 79.9. The smallest absolute Gasteiger partial charge is 0.0794 e. The van der Waals surface area contributed by atoms with Crippen LogP contribution in [0.25, 0.3) is 0 Å². The molecule has 3 heteroatoms. The fraction of sp³-hybridized carbons (Fsp3) is 0.455. The summed E-state index contributed by atoms with van der Waals surface area (Å²) < 4.78 is 1.11. The Bertz CT molecular complexity index is 306. The van der Waals surface area contributed by atoms with E-state index in [1.807, 2.05) is 0 Å². The third-order valence-electron chi connectivity index (χ3n) is 2.79. The van der Waals surface area contributed by atoms with Crippen molar-refractivity contribution < 1.29 is 5.11 Å². The van der Waals surface area contributed by atoms with Gasteiger partial charge < -0.3 is 5.11 Å². The van der Waals surface area contributed by atoms with Crippen molar-refractivity contribution in [2.45, 2.75) is 19.1 Å². The van der Waals surface area contributed by atoms with E-state index in [-0.39, 0.29) is 6.10 Å². The quantitative estimate of drug-likeness (QED) is 0.876. The van der Waals surface area contributed by atoms with Crippen LogP contribution in [0.4, 0.5) is 0 Å².